The molecule has 3 aromatic rings. The standard InChI is InChI=1S/C21H18F4N6O/c1-11-6-13(22)2-3-15(11)17-5-4-16(26)18(29-17)30-20(32)31-9-12(10-31)21(24,25)19-27-7-14(23)8-28-19/h2-8,12H,9-10,26H2,1H3,(H,29,30,32). The van der Waals surface area contributed by atoms with Crippen LogP contribution in [-0.2, 0) is 5.92 Å². The van der Waals surface area contributed by atoms with Gasteiger partial charge >= 0.3 is 12.0 Å². The zero-order valence-electron chi connectivity index (χ0n) is 16.8. The third-order valence-electron chi connectivity index (χ3n) is 5.22. The molecular weight excluding hydrogens is 428 g/mol. The molecule has 2 aromatic heterocycles. The molecule has 1 saturated heterocycles. The van der Waals surface area contributed by atoms with Gasteiger partial charge in [0.2, 0.25) is 0 Å². The number of nitrogen functional groups attached to an aromatic ring is 1. The normalized spacial score (nSPS) is 14.2. The summed E-state index contributed by atoms with van der Waals surface area (Å²) in [5.74, 6) is -6.56. The summed E-state index contributed by atoms with van der Waals surface area (Å²) in [4.78, 5) is 24.7. The molecule has 1 aliphatic heterocycles. The zero-order valence-corrected chi connectivity index (χ0v) is 16.8. The van der Waals surface area contributed by atoms with Crippen LogP contribution in [-0.4, -0.2) is 39.0 Å². The van der Waals surface area contributed by atoms with Crippen LogP contribution in [0.15, 0.2) is 42.7 Å². The number of pyridine rings is 1. The zero-order chi connectivity index (χ0) is 23.0. The first-order valence-corrected chi connectivity index (χ1v) is 9.60. The lowest BCUT2D eigenvalue weighted by atomic mass is 9.92. The van der Waals surface area contributed by atoms with E-state index in [0.717, 1.165) is 0 Å². The number of aromatic nitrogens is 3. The van der Waals surface area contributed by atoms with Crippen molar-refractivity contribution in [2.45, 2.75) is 12.8 Å². The molecule has 11 heteroatoms. The Morgan fingerprint density at radius 1 is 1.12 bits per heavy atom. The van der Waals surface area contributed by atoms with Gasteiger partial charge in [-0.25, -0.2) is 28.5 Å². The van der Waals surface area contributed by atoms with Crippen LogP contribution in [0.5, 0.6) is 0 Å². The van der Waals surface area contributed by atoms with Gasteiger partial charge < -0.3 is 10.6 Å². The van der Waals surface area contributed by atoms with Crippen molar-refractivity contribution in [1.29, 1.82) is 0 Å². The number of nitrogens with one attached hydrogen (secondary N) is 1. The number of nitrogens with two attached hydrogens (primary N) is 1. The molecule has 1 aliphatic rings. The minimum Gasteiger partial charge on any atom is -0.396 e. The van der Waals surface area contributed by atoms with E-state index in [9.17, 15) is 22.4 Å². The van der Waals surface area contributed by atoms with Gasteiger partial charge in [0, 0.05) is 18.7 Å². The lowest BCUT2D eigenvalue weighted by molar-refractivity contribution is -0.117. The molecule has 2 amide bonds. The van der Waals surface area contributed by atoms with Crippen molar-refractivity contribution in [2.75, 3.05) is 24.1 Å². The van der Waals surface area contributed by atoms with Crippen LogP contribution in [0, 0.1) is 24.5 Å². The summed E-state index contributed by atoms with van der Waals surface area (Å²) in [6.45, 7) is 1.21. The lowest BCUT2D eigenvalue weighted by Crippen LogP contribution is -2.57. The number of carbonyl (C=O) groups is 1. The number of halogens is 4. The van der Waals surface area contributed by atoms with Crippen molar-refractivity contribution >= 4 is 17.5 Å². The summed E-state index contributed by atoms with van der Waals surface area (Å²) < 4.78 is 55.3. The highest BCUT2D eigenvalue weighted by Crippen LogP contribution is 2.39. The van der Waals surface area contributed by atoms with E-state index in [0.29, 0.717) is 29.2 Å². The monoisotopic (exact) mass is 446 g/mol. The molecule has 0 unspecified atom stereocenters. The van der Waals surface area contributed by atoms with Gasteiger partial charge in [0.15, 0.2) is 17.5 Å². The molecule has 0 bridgehead atoms. The number of anilines is 2. The molecule has 0 aliphatic carbocycles. The minimum atomic E-state index is -3.41. The van der Waals surface area contributed by atoms with Gasteiger partial charge in [-0.15, -0.1) is 0 Å². The van der Waals surface area contributed by atoms with Crippen molar-refractivity contribution in [2.24, 2.45) is 5.92 Å². The van der Waals surface area contributed by atoms with Crippen molar-refractivity contribution in [1.82, 2.24) is 19.9 Å². The predicted molar refractivity (Wildman–Crippen MR) is 109 cm³/mol. The molecule has 0 radical (unpaired) electrons. The van der Waals surface area contributed by atoms with Crippen LogP contribution in [0.4, 0.5) is 33.9 Å². The van der Waals surface area contributed by atoms with Crippen LogP contribution < -0.4 is 11.1 Å². The topological polar surface area (TPSA) is 97.0 Å². The van der Waals surface area contributed by atoms with E-state index in [-0.39, 0.29) is 30.4 Å². The van der Waals surface area contributed by atoms with Crippen LogP contribution in [0.25, 0.3) is 11.3 Å². The molecule has 0 saturated carbocycles. The van der Waals surface area contributed by atoms with E-state index in [1.807, 2.05) is 0 Å². The third kappa shape index (κ3) is 4.05. The first-order valence-electron chi connectivity index (χ1n) is 9.60. The number of hydrogen-bond acceptors (Lipinski definition) is 5. The molecule has 3 N–H and O–H groups in total. The molecule has 4 rings (SSSR count). The summed E-state index contributed by atoms with van der Waals surface area (Å²) >= 11 is 0. The molecule has 166 valence electrons. The quantitative estimate of drug-likeness (QED) is 0.592. The average Bonchev–Trinajstić information content (AvgIpc) is 2.69. The van der Waals surface area contributed by atoms with Crippen molar-refractivity contribution < 1.29 is 22.4 Å². The number of rotatable bonds is 4. The Hall–Kier alpha value is -3.76. The molecular formula is C21H18F4N6O. The maximum Gasteiger partial charge on any atom is 0.323 e. The number of nitrogens with zero attached hydrogens (tertiary/aromatic N) is 4. The summed E-state index contributed by atoms with van der Waals surface area (Å²) in [5.41, 5.74) is 7.86. The van der Waals surface area contributed by atoms with Gasteiger partial charge in [-0.1, -0.05) is 0 Å². The van der Waals surface area contributed by atoms with E-state index < -0.39 is 29.5 Å². The fourth-order valence-electron chi connectivity index (χ4n) is 3.36. The first kappa shape index (κ1) is 21.5. The predicted octanol–water partition coefficient (Wildman–Crippen LogP) is 3.96. The van der Waals surface area contributed by atoms with Crippen molar-refractivity contribution in [3.8, 4) is 11.3 Å². The minimum absolute atomic E-state index is 0.0632. The SMILES string of the molecule is Cc1cc(F)ccc1-c1ccc(N)c(NC(=O)N2CC(C(F)(F)c3ncc(F)cn3)C2)n1. The Labute approximate surface area is 180 Å². The second-order valence-electron chi connectivity index (χ2n) is 7.47. The van der Waals surface area contributed by atoms with Crippen molar-refractivity contribution in [3.05, 3.63) is 65.7 Å². The Morgan fingerprint density at radius 3 is 2.47 bits per heavy atom. The van der Waals surface area contributed by atoms with Crippen molar-refractivity contribution in [3.63, 3.8) is 0 Å². The Kier molecular flexibility index (Phi) is 5.41. The Balaban J connectivity index is 1.44. The highest BCUT2D eigenvalue weighted by atomic mass is 19.3. The molecule has 1 fully saturated rings. The average molecular weight is 446 g/mol. The first-order chi connectivity index (χ1) is 15.1. The maximum absolute atomic E-state index is 14.5. The highest BCUT2D eigenvalue weighted by Gasteiger charge is 2.51. The van der Waals surface area contributed by atoms with E-state index in [4.69, 9.17) is 5.73 Å². The number of benzene rings is 1. The number of carbonyl (C=O) groups excluding carboxylic acids is 1. The van der Waals surface area contributed by atoms with Gasteiger partial charge in [-0.05, 0) is 42.8 Å². The molecule has 7 nitrogen and oxygen atoms in total. The van der Waals surface area contributed by atoms with Crippen LogP contribution in [0.1, 0.15) is 11.4 Å². The number of urea groups is 1. The molecule has 0 spiro atoms. The molecule has 3 heterocycles. The highest BCUT2D eigenvalue weighted by molar-refractivity contribution is 5.92. The van der Waals surface area contributed by atoms with E-state index in [1.54, 1.807) is 25.1 Å². The molecule has 1 aromatic carbocycles. The number of alkyl halides is 2. The largest absolute Gasteiger partial charge is 0.396 e. The van der Waals surface area contributed by atoms with Gasteiger partial charge in [-0.2, -0.15) is 8.78 Å². The van der Waals surface area contributed by atoms with Gasteiger partial charge in [0.1, 0.15) is 5.82 Å². The number of hydrogen-bond donors (Lipinski definition) is 2. The summed E-state index contributed by atoms with van der Waals surface area (Å²) in [6, 6.07) is 6.74. The van der Waals surface area contributed by atoms with Crippen LogP contribution in [0.3, 0.4) is 0 Å². The van der Waals surface area contributed by atoms with Crippen LogP contribution in [0.2, 0.25) is 0 Å². The number of amides is 2. The second-order valence-corrected chi connectivity index (χ2v) is 7.47. The Bertz CT molecular complexity index is 1170. The summed E-state index contributed by atoms with van der Waals surface area (Å²) in [6.07, 6.45) is 1.34. The second kappa shape index (κ2) is 8.06. The fraction of sp³-hybridized carbons (Fsp3) is 0.238. The van der Waals surface area contributed by atoms with E-state index in [2.05, 4.69) is 20.3 Å². The number of likely N-dealkylation sites (tertiary alicyclic amines) is 1. The smallest absolute Gasteiger partial charge is 0.323 e. The van der Waals surface area contributed by atoms with Gasteiger partial charge in [0.25, 0.3) is 0 Å². The third-order valence-corrected chi connectivity index (χ3v) is 5.22. The summed E-state index contributed by atoms with van der Waals surface area (Å²) in [5, 5.41) is 2.52. The van der Waals surface area contributed by atoms with Gasteiger partial charge in [0.05, 0.1) is 29.7 Å². The Morgan fingerprint density at radius 2 is 1.81 bits per heavy atom. The van der Waals surface area contributed by atoms with Crippen LogP contribution >= 0.6 is 0 Å². The van der Waals surface area contributed by atoms with E-state index in [1.165, 1.54) is 17.0 Å². The maximum atomic E-state index is 14.5. The van der Waals surface area contributed by atoms with Gasteiger partial charge in [-0.3, -0.25) is 5.32 Å². The molecule has 32 heavy (non-hydrogen) atoms. The van der Waals surface area contributed by atoms with E-state index >= 15 is 0 Å². The number of aryl methyl sites for hydroxylation is 1. The fourth-order valence-corrected chi connectivity index (χ4v) is 3.36. The summed E-state index contributed by atoms with van der Waals surface area (Å²) in [7, 11) is 0. The molecule has 0 atom stereocenters. The lowest BCUT2D eigenvalue weighted by Gasteiger charge is -2.42.